The van der Waals surface area contributed by atoms with E-state index in [1.165, 1.54) is 6.92 Å². The van der Waals surface area contributed by atoms with Crippen molar-refractivity contribution in [2.75, 3.05) is 11.9 Å². The van der Waals surface area contributed by atoms with Gasteiger partial charge in [0.2, 0.25) is 0 Å². The highest BCUT2D eigenvalue weighted by Crippen LogP contribution is 2.16. The normalized spacial score (nSPS) is 11.2. The van der Waals surface area contributed by atoms with Crippen LogP contribution in [-0.2, 0) is 14.3 Å². The van der Waals surface area contributed by atoms with Crippen LogP contribution in [0, 0.1) is 11.3 Å². The fourth-order valence-corrected chi connectivity index (χ4v) is 2.87. The number of hydrogen-bond donors (Lipinski definition) is 1. The number of nitrogens with one attached hydrogen (secondary N) is 1. The van der Waals surface area contributed by atoms with Gasteiger partial charge >= 0.3 is 5.97 Å². The second kappa shape index (κ2) is 12.9. The molecule has 0 fully saturated rings. The Bertz CT molecular complexity index is 963. The molecule has 168 valence electrons. The van der Waals surface area contributed by atoms with Crippen molar-refractivity contribution < 1.29 is 23.9 Å². The molecule has 0 radical (unpaired) electrons. The van der Waals surface area contributed by atoms with Crippen molar-refractivity contribution in [3.8, 4) is 11.8 Å². The summed E-state index contributed by atoms with van der Waals surface area (Å²) >= 11 is 0. The van der Waals surface area contributed by atoms with Crippen LogP contribution in [0.5, 0.6) is 5.75 Å². The Morgan fingerprint density at radius 3 is 2.44 bits per heavy atom. The summed E-state index contributed by atoms with van der Waals surface area (Å²) in [5.74, 6) is -0.693. The van der Waals surface area contributed by atoms with Gasteiger partial charge in [-0.1, -0.05) is 31.9 Å². The number of amides is 1. The van der Waals surface area contributed by atoms with E-state index in [9.17, 15) is 14.4 Å². The predicted octanol–water partition coefficient (Wildman–Crippen LogP) is 4.66. The van der Waals surface area contributed by atoms with Gasteiger partial charge in [0, 0.05) is 12.0 Å². The van der Waals surface area contributed by atoms with Gasteiger partial charge in [-0.2, -0.15) is 5.26 Å². The first-order chi connectivity index (χ1) is 15.4. The molecular formula is C25H28N2O5. The van der Waals surface area contributed by atoms with Crippen molar-refractivity contribution in [3.05, 3.63) is 59.7 Å². The van der Waals surface area contributed by atoms with Crippen LogP contribution in [0.15, 0.2) is 48.5 Å². The lowest BCUT2D eigenvalue weighted by atomic mass is 10.1. The molecule has 0 spiro atoms. The van der Waals surface area contributed by atoms with Crippen LogP contribution in [0.1, 0.15) is 61.9 Å². The van der Waals surface area contributed by atoms with Gasteiger partial charge in [-0.3, -0.25) is 14.4 Å². The summed E-state index contributed by atoms with van der Waals surface area (Å²) < 4.78 is 10.7. The number of ether oxygens (including phenoxy) is 2. The average Bonchev–Trinajstić information content (AvgIpc) is 2.81. The summed E-state index contributed by atoms with van der Waals surface area (Å²) in [6, 6.07) is 15.3. The number of carbonyl (C=O) groups excluding carboxylic acids is 3. The Hall–Kier alpha value is -3.66. The monoisotopic (exact) mass is 436 g/mol. The zero-order valence-corrected chi connectivity index (χ0v) is 18.4. The molecule has 0 aliphatic rings. The Labute approximate surface area is 188 Å². The summed E-state index contributed by atoms with van der Waals surface area (Å²) in [5.41, 5.74) is 1.14. The molecule has 0 saturated heterocycles. The predicted molar refractivity (Wildman–Crippen MR) is 120 cm³/mol. The van der Waals surface area contributed by atoms with Crippen molar-refractivity contribution >= 4 is 23.3 Å². The SMILES string of the molecule is CCCCCOc1ccc(C(=O)CCC(=O)OC(C)C(=O)Nc2ccccc2C#N)cc1. The van der Waals surface area contributed by atoms with Crippen LogP contribution in [0.4, 0.5) is 5.69 Å². The van der Waals surface area contributed by atoms with Gasteiger partial charge in [0.25, 0.3) is 5.91 Å². The average molecular weight is 437 g/mol. The standard InChI is InChI=1S/C25H28N2O5/c1-3-4-7-16-31-21-12-10-19(11-13-21)23(28)14-15-24(29)32-18(2)25(30)27-22-9-6-5-8-20(22)17-26/h5-6,8-13,18H,3-4,7,14-16H2,1-2H3,(H,27,30). The first-order valence-corrected chi connectivity index (χ1v) is 10.7. The lowest BCUT2D eigenvalue weighted by molar-refractivity contribution is -0.153. The second-order valence-corrected chi connectivity index (χ2v) is 7.28. The van der Waals surface area contributed by atoms with Gasteiger partial charge in [-0.25, -0.2) is 0 Å². The maximum atomic E-state index is 12.3. The molecule has 0 saturated carbocycles. The van der Waals surface area contributed by atoms with Crippen LogP contribution in [0.25, 0.3) is 0 Å². The summed E-state index contributed by atoms with van der Waals surface area (Å²) in [5, 5.41) is 11.6. The molecular weight excluding hydrogens is 408 g/mol. The molecule has 7 nitrogen and oxygen atoms in total. The molecule has 1 atom stereocenters. The molecule has 1 unspecified atom stereocenters. The van der Waals surface area contributed by atoms with Crippen LogP contribution in [0.3, 0.4) is 0 Å². The third kappa shape index (κ3) is 7.88. The maximum absolute atomic E-state index is 12.3. The maximum Gasteiger partial charge on any atom is 0.307 e. The topological polar surface area (TPSA) is 105 Å². The van der Waals surface area contributed by atoms with Gasteiger partial charge in [0.1, 0.15) is 11.8 Å². The molecule has 0 aromatic heterocycles. The van der Waals surface area contributed by atoms with Gasteiger partial charge < -0.3 is 14.8 Å². The minimum atomic E-state index is -1.06. The van der Waals surface area contributed by atoms with Crippen molar-refractivity contribution in [2.24, 2.45) is 0 Å². The summed E-state index contributed by atoms with van der Waals surface area (Å²) in [4.78, 5) is 36.6. The van der Waals surface area contributed by atoms with Crippen LogP contribution >= 0.6 is 0 Å². The Morgan fingerprint density at radius 1 is 1.03 bits per heavy atom. The van der Waals surface area contributed by atoms with E-state index < -0.39 is 18.0 Å². The Kier molecular flexibility index (Phi) is 9.92. The third-order valence-electron chi connectivity index (χ3n) is 4.73. The highest BCUT2D eigenvalue weighted by atomic mass is 16.5. The molecule has 7 heteroatoms. The smallest absolute Gasteiger partial charge is 0.307 e. The van der Waals surface area contributed by atoms with Crippen molar-refractivity contribution in [1.82, 2.24) is 0 Å². The quantitative estimate of drug-likeness (QED) is 0.295. The van der Waals surface area contributed by atoms with E-state index in [-0.39, 0.29) is 18.6 Å². The fraction of sp³-hybridized carbons (Fsp3) is 0.360. The molecule has 0 heterocycles. The highest BCUT2D eigenvalue weighted by Gasteiger charge is 2.19. The zero-order valence-electron chi connectivity index (χ0n) is 18.4. The van der Waals surface area contributed by atoms with E-state index in [1.807, 2.05) is 6.07 Å². The molecule has 1 N–H and O–H groups in total. The van der Waals surface area contributed by atoms with Crippen LogP contribution < -0.4 is 10.1 Å². The summed E-state index contributed by atoms with van der Waals surface area (Å²) in [6.45, 7) is 4.20. The number of carbonyl (C=O) groups is 3. The lowest BCUT2D eigenvalue weighted by Gasteiger charge is -2.14. The summed E-state index contributed by atoms with van der Waals surface area (Å²) in [7, 11) is 0. The lowest BCUT2D eigenvalue weighted by Crippen LogP contribution is -2.30. The van der Waals surface area contributed by atoms with E-state index in [0.717, 1.165) is 19.3 Å². The van der Waals surface area contributed by atoms with E-state index in [4.69, 9.17) is 14.7 Å². The second-order valence-electron chi connectivity index (χ2n) is 7.28. The molecule has 0 aliphatic heterocycles. The Morgan fingerprint density at radius 2 is 1.75 bits per heavy atom. The number of rotatable bonds is 12. The largest absolute Gasteiger partial charge is 0.494 e. The van der Waals surface area contributed by atoms with Crippen LogP contribution in [-0.4, -0.2) is 30.4 Å². The zero-order chi connectivity index (χ0) is 23.3. The van der Waals surface area contributed by atoms with Gasteiger partial charge in [-0.15, -0.1) is 0 Å². The van der Waals surface area contributed by atoms with E-state index in [1.54, 1.807) is 48.5 Å². The van der Waals surface area contributed by atoms with E-state index >= 15 is 0 Å². The van der Waals surface area contributed by atoms with Crippen molar-refractivity contribution in [3.63, 3.8) is 0 Å². The number of para-hydroxylation sites is 1. The third-order valence-corrected chi connectivity index (χ3v) is 4.73. The number of Topliss-reactive ketones (excluding diaryl/α,β-unsaturated/α-hetero) is 1. The molecule has 0 bridgehead atoms. The molecule has 2 aromatic rings. The van der Waals surface area contributed by atoms with Crippen molar-refractivity contribution in [1.29, 1.82) is 5.26 Å². The number of nitriles is 1. The fourth-order valence-electron chi connectivity index (χ4n) is 2.87. The molecule has 1 amide bonds. The first kappa shape index (κ1) is 24.6. The molecule has 32 heavy (non-hydrogen) atoms. The van der Waals surface area contributed by atoms with Gasteiger partial charge in [0.05, 0.1) is 24.3 Å². The number of anilines is 1. The Balaban J connectivity index is 1.77. The van der Waals surface area contributed by atoms with E-state index in [0.29, 0.717) is 29.2 Å². The van der Waals surface area contributed by atoms with Gasteiger partial charge in [0.15, 0.2) is 11.9 Å². The molecule has 0 aliphatic carbocycles. The van der Waals surface area contributed by atoms with Crippen LogP contribution in [0.2, 0.25) is 0 Å². The van der Waals surface area contributed by atoms with Crippen molar-refractivity contribution in [2.45, 2.75) is 52.1 Å². The first-order valence-electron chi connectivity index (χ1n) is 10.7. The number of benzene rings is 2. The minimum absolute atomic E-state index is 0.0266. The highest BCUT2D eigenvalue weighted by molar-refractivity contribution is 5.98. The molecule has 2 rings (SSSR count). The number of esters is 1. The van der Waals surface area contributed by atoms with Gasteiger partial charge in [-0.05, 0) is 49.7 Å². The summed E-state index contributed by atoms with van der Waals surface area (Å²) in [6.07, 6.45) is 1.99. The number of nitrogens with zero attached hydrogens (tertiary/aromatic N) is 1. The molecule has 2 aromatic carbocycles. The van der Waals surface area contributed by atoms with E-state index in [2.05, 4.69) is 12.2 Å². The number of ketones is 1. The number of unbranched alkanes of at least 4 members (excludes halogenated alkanes) is 2. The number of hydrogen-bond acceptors (Lipinski definition) is 6. The minimum Gasteiger partial charge on any atom is -0.494 e.